The van der Waals surface area contributed by atoms with Gasteiger partial charge in [-0.05, 0) is 43.3 Å². The number of primary sulfonamides is 1. The van der Waals surface area contributed by atoms with Crippen LogP contribution in [0.5, 0.6) is 11.5 Å². The fourth-order valence-corrected chi connectivity index (χ4v) is 2.82. The molecule has 0 unspecified atom stereocenters. The summed E-state index contributed by atoms with van der Waals surface area (Å²) in [6.45, 7) is 2.15. The largest absolute Gasteiger partial charge is 0.478 e. The number of aromatic carboxylic acids is 1. The lowest BCUT2D eigenvalue weighted by Gasteiger charge is -2.16. The molecule has 2 aromatic rings. The van der Waals surface area contributed by atoms with Crippen molar-refractivity contribution in [3.8, 4) is 11.5 Å². The Hall–Kier alpha value is -2.75. The summed E-state index contributed by atoms with van der Waals surface area (Å²) in [7, 11) is -4.24. The molecule has 0 bridgehead atoms. The Bertz CT molecular complexity index is 944. The van der Waals surface area contributed by atoms with Crippen LogP contribution in [-0.2, 0) is 10.0 Å². The first-order valence-electron chi connectivity index (χ1n) is 7.55. The van der Waals surface area contributed by atoms with Crippen LogP contribution in [0.1, 0.15) is 17.3 Å². The highest BCUT2D eigenvalue weighted by Gasteiger charge is 2.23. The maximum absolute atomic E-state index is 12.0. The van der Waals surface area contributed by atoms with Crippen molar-refractivity contribution < 1.29 is 23.1 Å². The monoisotopic (exact) mass is 413 g/mol. The van der Waals surface area contributed by atoms with Crippen molar-refractivity contribution >= 4 is 39.8 Å². The van der Waals surface area contributed by atoms with E-state index in [0.29, 0.717) is 18.0 Å². The van der Waals surface area contributed by atoms with Crippen LogP contribution in [0.3, 0.4) is 0 Å². The number of carboxylic acid groups (broad SMARTS) is 1. The average molecular weight is 414 g/mol. The smallest absolute Gasteiger partial charge is 0.335 e. The first kappa shape index (κ1) is 22.3. The van der Waals surface area contributed by atoms with Gasteiger partial charge in [-0.15, -0.1) is 12.4 Å². The van der Waals surface area contributed by atoms with Crippen molar-refractivity contribution in [3.05, 3.63) is 54.1 Å². The van der Waals surface area contributed by atoms with Crippen molar-refractivity contribution in [3.63, 3.8) is 0 Å². The Morgan fingerprint density at radius 2 is 1.89 bits per heavy atom. The van der Waals surface area contributed by atoms with Gasteiger partial charge < -0.3 is 20.9 Å². The van der Waals surface area contributed by atoms with E-state index >= 15 is 0 Å². The molecular formula is C17H20ClN3O5S. The summed E-state index contributed by atoms with van der Waals surface area (Å²) in [5, 5.41) is 17.4. The Kier molecular flexibility index (Phi) is 7.65. The van der Waals surface area contributed by atoms with Crippen molar-refractivity contribution in [1.29, 1.82) is 0 Å². The first-order valence-corrected chi connectivity index (χ1v) is 9.09. The molecule has 0 aliphatic heterocycles. The van der Waals surface area contributed by atoms with E-state index < -0.39 is 20.9 Å². The van der Waals surface area contributed by atoms with Gasteiger partial charge in [0.15, 0.2) is 5.75 Å². The molecule has 0 aliphatic rings. The van der Waals surface area contributed by atoms with E-state index in [2.05, 4.69) is 5.32 Å². The van der Waals surface area contributed by atoms with Crippen molar-refractivity contribution in [2.24, 2.45) is 5.14 Å². The summed E-state index contributed by atoms with van der Waals surface area (Å²) in [6.07, 6.45) is 3.56. The second-order valence-electron chi connectivity index (χ2n) is 5.32. The van der Waals surface area contributed by atoms with Crippen molar-refractivity contribution in [2.45, 2.75) is 11.8 Å². The van der Waals surface area contributed by atoms with E-state index in [4.69, 9.17) is 15.6 Å². The van der Waals surface area contributed by atoms with Gasteiger partial charge in [-0.1, -0.05) is 12.2 Å². The number of halogens is 1. The number of anilines is 2. The topological polar surface area (TPSA) is 145 Å². The zero-order chi connectivity index (χ0) is 19.3. The summed E-state index contributed by atoms with van der Waals surface area (Å²) in [6, 6.07) is 8.54. The number of hydrogen-bond donors (Lipinski definition) is 4. The van der Waals surface area contributed by atoms with Gasteiger partial charge >= 0.3 is 5.97 Å². The molecule has 0 amide bonds. The van der Waals surface area contributed by atoms with E-state index in [1.54, 1.807) is 36.4 Å². The number of rotatable bonds is 7. The van der Waals surface area contributed by atoms with E-state index in [9.17, 15) is 18.3 Å². The lowest BCUT2D eigenvalue weighted by atomic mass is 10.1. The maximum atomic E-state index is 12.0. The number of hydrogen-bond acceptors (Lipinski definition) is 6. The number of nitrogens with one attached hydrogen (secondary N) is 1. The number of ether oxygens (including phenoxy) is 1. The molecule has 0 atom stereocenters. The van der Waals surface area contributed by atoms with Gasteiger partial charge in [0.25, 0.3) is 0 Å². The molecule has 2 rings (SSSR count). The van der Waals surface area contributed by atoms with Gasteiger partial charge in [0.05, 0.1) is 11.3 Å². The van der Waals surface area contributed by atoms with Crippen LogP contribution < -0.4 is 20.9 Å². The zero-order valence-electron chi connectivity index (χ0n) is 14.4. The number of allylic oxidation sites excluding steroid dienone is 1. The summed E-state index contributed by atoms with van der Waals surface area (Å²) in [5.74, 6) is -1.06. The molecule has 0 radical (unpaired) electrons. The quantitative estimate of drug-likeness (QED) is 0.403. The number of nitrogens with two attached hydrogens (primary N) is 2. The fourth-order valence-electron chi connectivity index (χ4n) is 2.11. The summed E-state index contributed by atoms with van der Waals surface area (Å²) < 4.78 is 29.7. The standard InChI is InChI=1S/C17H19N3O5S.ClH/c1-2-3-8-20-14-9-11(17(21)22)10-15(26(19,23)24)16(14)25-13-6-4-12(18)5-7-13;/h2-7,9-10,20H,8,18H2,1H3,(H,21,22)(H2,19,23,24);1H. The molecular weight excluding hydrogens is 394 g/mol. The van der Waals surface area contributed by atoms with Crippen LogP contribution in [0, 0.1) is 0 Å². The molecule has 8 nitrogen and oxygen atoms in total. The summed E-state index contributed by atoms with van der Waals surface area (Å²) in [4.78, 5) is 10.9. The van der Waals surface area contributed by atoms with E-state index in [1.165, 1.54) is 6.07 Å². The average Bonchev–Trinajstić information content (AvgIpc) is 2.57. The van der Waals surface area contributed by atoms with Gasteiger partial charge in [0.2, 0.25) is 10.0 Å². The minimum Gasteiger partial charge on any atom is -0.478 e. The second kappa shape index (κ2) is 9.26. The van der Waals surface area contributed by atoms with Gasteiger partial charge in [0, 0.05) is 12.2 Å². The van der Waals surface area contributed by atoms with Crippen LogP contribution in [0.15, 0.2) is 53.4 Å². The second-order valence-corrected chi connectivity index (χ2v) is 6.85. The van der Waals surface area contributed by atoms with E-state index in [-0.39, 0.29) is 29.4 Å². The molecule has 0 saturated carbocycles. The minimum atomic E-state index is -4.24. The van der Waals surface area contributed by atoms with Crippen LogP contribution in [0.25, 0.3) is 0 Å². The molecule has 0 saturated heterocycles. The third-order valence-corrected chi connectivity index (χ3v) is 4.27. The van der Waals surface area contributed by atoms with Crippen molar-refractivity contribution in [2.75, 3.05) is 17.6 Å². The molecule has 2 aromatic carbocycles. The summed E-state index contributed by atoms with van der Waals surface area (Å²) in [5.41, 5.74) is 6.09. The molecule has 0 aromatic heterocycles. The van der Waals surface area contributed by atoms with Crippen molar-refractivity contribution in [1.82, 2.24) is 0 Å². The molecule has 0 fully saturated rings. The summed E-state index contributed by atoms with van der Waals surface area (Å²) >= 11 is 0. The lowest BCUT2D eigenvalue weighted by molar-refractivity contribution is 0.0696. The zero-order valence-corrected chi connectivity index (χ0v) is 16.0. The van der Waals surface area contributed by atoms with E-state index in [1.807, 2.05) is 6.92 Å². The molecule has 27 heavy (non-hydrogen) atoms. The van der Waals surface area contributed by atoms with E-state index in [0.717, 1.165) is 6.07 Å². The minimum absolute atomic E-state index is 0. The predicted octanol–water partition coefficient (Wildman–Crippen LogP) is 2.82. The Labute approximate surface area is 163 Å². The molecule has 0 spiro atoms. The number of sulfonamides is 1. The molecule has 146 valence electrons. The fraction of sp³-hybridized carbons (Fsp3) is 0.118. The number of carboxylic acids is 1. The van der Waals surface area contributed by atoms with Crippen LogP contribution in [-0.4, -0.2) is 26.0 Å². The Morgan fingerprint density at radius 3 is 2.41 bits per heavy atom. The SMILES string of the molecule is CC=CCNc1cc(C(=O)O)cc(S(N)(=O)=O)c1Oc1ccc(N)cc1.Cl. The molecule has 0 aliphatic carbocycles. The third-order valence-electron chi connectivity index (χ3n) is 3.35. The molecule has 6 N–H and O–H groups in total. The number of nitrogen functional groups attached to an aromatic ring is 1. The predicted molar refractivity (Wildman–Crippen MR) is 106 cm³/mol. The number of benzene rings is 2. The highest BCUT2D eigenvalue weighted by molar-refractivity contribution is 7.89. The van der Waals surface area contributed by atoms with Crippen LogP contribution >= 0.6 is 12.4 Å². The number of carbonyl (C=O) groups is 1. The molecule has 0 heterocycles. The highest BCUT2D eigenvalue weighted by Crippen LogP contribution is 2.37. The molecule has 10 heteroatoms. The van der Waals surface area contributed by atoms with Gasteiger partial charge in [-0.3, -0.25) is 0 Å². The van der Waals surface area contributed by atoms with Gasteiger partial charge in [-0.25, -0.2) is 18.4 Å². The van der Waals surface area contributed by atoms with Gasteiger partial charge in [0.1, 0.15) is 10.6 Å². The lowest BCUT2D eigenvalue weighted by Crippen LogP contribution is -2.16. The third kappa shape index (κ3) is 5.88. The Morgan fingerprint density at radius 1 is 1.26 bits per heavy atom. The highest BCUT2D eigenvalue weighted by atomic mass is 35.5. The van der Waals surface area contributed by atoms with Gasteiger partial charge in [-0.2, -0.15) is 0 Å². The van der Waals surface area contributed by atoms with Crippen LogP contribution in [0.2, 0.25) is 0 Å². The van der Waals surface area contributed by atoms with Crippen LogP contribution in [0.4, 0.5) is 11.4 Å². The normalized spacial score (nSPS) is 11.0. The Balaban J connectivity index is 0.00000364. The first-order chi connectivity index (χ1) is 12.2. The maximum Gasteiger partial charge on any atom is 0.335 e.